The van der Waals surface area contributed by atoms with Crippen molar-refractivity contribution in [3.05, 3.63) is 35.6 Å². The van der Waals surface area contributed by atoms with Gasteiger partial charge >= 0.3 is 0 Å². The van der Waals surface area contributed by atoms with E-state index in [0.717, 1.165) is 0 Å². The molecule has 68 valence electrons. The molecule has 0 radical (unpaired) electrons. The standard InChI is InChI=1S/C10H10FNO/c11-8-4-2-1-3-7(8)9-5-6-10(13)12-9/h1-4,9H,5-6H2,(H,12,13)/t9-/m1/s1. The van der Waals surface area contributed by atoms with E-state index in [1.54, 1.807) is 18.2 Å². The summed E-state index contributed by atoms with van der Waals surface area (Å²) in [7, 11) is 0. The average molecular weight is 179 g/mol. The van der Waals surface area contributed by atoms with Gasteiger partial charge in [-0.2, -0.15) is 0 Å². The van der Waals surface area contributed by atoms with Crippen LogP contribution in [-0.4, -0.2) is 5.91 Å². The van der Waals surface area contributed by atoms with E-state index < -0.39 is 0 Å². The number of amides is 1. The maximum absolute atomic E-state index is 13.2. The van der Waals surface area contributed by atoms with Crippen molar-refractivity contribution in [3.8, 4) is 0 Å². The van der Waals surface area contributed by atoms with Gasteiger partial charge in [0.25, 0.3) is 0 Å². The van der Waals surface area contributed by atoms with Crippen LogP contribution in [-0.2, 0) is 4.79 Å². The molecule has 1 atom stereocenters. The van der Waals surface area contributed by atoms with Crippen molar-refractivity contribution < 1.29 is 9.18 Å². The third-order valence-electron chi connectivity index (χ3n) is 2.28. The first kappa shape index (κ1) is 8.23. The molecule has 0 aromatic heterocycles. The Hall–Kier alpha value is -1.38. The smallest absolute Gasteiger partial charge is 0.220 e. The SMILES string of the molecule is O=C1CC[C@H](c2ccccc2F)N1. The van der Waals surface area contributed by atoms with Crippen molar-refractivity contribution in [2.24, 2.45) is 0 Å². The normalized spacial score (nSPS) is 21.6. The molecule has 0 bridgehead atoms. The molecule has 1 amide bonds. The van der Waals surface area contributed by atoms with Crippen molar-refractivity contribution in [1.29, 1.82) is 0 Å². The van der Waals surface area contributed by atoms with Crippen LogP contribution in [0, 0.1) is 5.82 Å². The number of benzene rings is 1. The Bertz CT molecular complexity index is 337. The van der Waals surface area contributed by atoms with Crippen molar-refractivity contribution in [2.45, 2.75) is 18.9 Å². The lowest BCUT2D eigenvalue weighted by molar-refractivity contribution is -0.119. The van der Waals surface area contributed by atoms with Gasteiger partial charge in [-0.1, -0.05) is 18.2 Å². The fourth-order valence-corrected chi connectivity index (χ4v) is 1.61. The minimum absolute atomic E-state index is 0.00764. The molecule has 1 aliphatic heterocycles. The summed E-state index contributed by atoms with van der Waals surface area (Å²) in [6, 6.07) is 6.43. The summed E-state index contributed by atoms with van der Waals surface area (Å²) >= 11 is 0. The van der Waals surface area contributed by atoms with E-state index in [4.69, 9.17) is 0 Å². The fourth-order valence-electron chi connectivity index (χ4n) is 1.61. The van der Waals surface area contributed by atoms with Crippen molar-refractivity contribution in [3.63, 3.8) is 0 Å². The van der Waals surface area contributed by atoms with Crippen LogP contribution in [0.15, 0.2) is 24.3 Å². The molecule has 2 nitrogen and oxygen atoms in total. The number of rotatable bonds is 1. The Morgan fingerprint density at radius 1 is 1.38 bits per heavy atom. The van der Waals surface area contributed by atoms with Crippen LogP contribution in [0.3, 0.4) is 0 Å². The highest BCUT2D eigenvalue weighted by atomic mass is 19.1. The minimum atomic E-state index is -0.241. The molecular formula is C10H10FNO. The van der Waals surface area contributed by atoms with Gasteiger partial charge in [-0.3, -0.25) is 4.79 Å². The van der Waals surface area contributed by atoms with E-state index in [9.17, 15) is 9.18 Å². The number of carbonyl (C=O) groups is 1. The van der Waals surface area contributed by atoms with Gasteiger partial charge in [0.15, 0.2) is 0 Å². The molecule has 13 heavy (non-hydrogen) atoms. The number of carbonyl (C=O) groups excluding carboxylic acids is 1. The first-order valence-electron chi connectivity index (χ1n) is 4.31. The third kappa shape index (κ3) is 1.54. The molecule has 1 saturated heterocycles. The summed E-state index contributed by atoms with van der Waals surface area (Å²) in [5, 5.41) is 2.73. The summed E-state index contributed by atoms with van der Waals surface area (Å²) in [6.45, 7) is 0. The predicted molar refractivity (Wildman–Crippen MR) is 46.5 cm³/mol. The first-order chi connectivity index (χ1) is 6.27. The molecule has 1 aliphatic rings. The Labute approximate surface area is 75.8 Å². The average Bonchev–Trinajstić information content (AvgIpc) is 2.53. The lowest BCUT2D eigenvalue weighted by Gasteiger charge is -2.10. The molecule has 1 aromatic carbocycles. The van der Waals surface area contributed by atoms with Crippen LogP contribution >= 0.6 is 0 Å². The molecule has 1 fully saturated rings. The van der Waals surface area contributed by atoms with Crippen LogP contribution in [0.25, 0.3) is 0 Å². The number of hydrogen-bond donors (Lipinski definition) is 1. The number of hydrogen-bond acceptors (Lipinski definition) is 1. The summed E-state index contributed by atoms with van der Waals surface area (Å²) in [4.78, 5) is 10.9. The Kier molecular flexibility index (Phi) is 2.00. The minimum Gasteiger partial charge on any atom is -0.349 e. The highest BCUT2D eigenvalue weighted by Gasteiger charge is 2.23. The number of halogens is 1. The topological polar surface area (TPSA) is 29.1 Å². The van der Waals surface area contributed by atoms with Crippen LogP contribution in [0.4, 0.5) is 4.39 Å². The number of nitrogens with one attached hydrogen (secondary N) is 1. The van der Waals surface area contributed by atoms with Gasteiger partial charge in [-0.25, -0.2) is 4.39 Å². The highest BCUT2D eigenvalue weighted by Crippen LogP contribution is 2.25. The van der Waals surface area contributed by atoms with Crippen molar-refractivity contribution in [2.75, 3.05) is 0 Å². The van der Waals surface area contributed by atoms with Crippen LogP contribution in [0.1, 0.15) is 24.4 Å². The van der Waals surface area contributed by atoms with E-state index >= 15 is 0 Å². The molecule has 1 heterocycles. The molecule has 0 aliphatic carbocycles. The lowest BCUT2D eigenvalue weighted by Crippen LogP contribution is -2.19. The summed E-state index contributed by atoms with van der Waals surface area (Å²) < 4.78 is 13.2. The molecule has 1 N–H and O–H groups in total. The van der Waals surface area contributed by atoms with Gasteiger partial charge < -0.3 is 5.32 Å². The lowest BCUT2D eigenvalue weighted by atomic mass is 10.1. The molecular weight excluding hydrogens is 169 g/mol. The van der Waals surface area contributed by atoms with Gasteiger partial charge in [0, 0.05) is 12.0 Å². The van der Waals surface area contributed by atoms with E-state index in [-0.39, 0.29) is 17.8 Å². The van der Waals surface area contributed by atoms with Gasteiger partial charge in [-0.15, -0.1) is 0 Å². The zero-order valence-electron chi connectivity index (χ0n) is 7.09. The molecule has 2 rings (SSSR count). The van der Waals surface area contributed by atoms with Crippen molar-refractivity contribution in [1.82, 2.24) is 5.32 Å². The van der Waals surface area contributed by atoms with Gasteiger partial charge in [0.05, 0.1) is 6.04 Å². The Morgan fingerprint density at radius 3 is 2.77 bits per heavy atom. The Morgan fingerprint density at radius 2 is 2.15 bits per heavy atom. The van der Waals surface area contributed by atoms with Crippen LogP contribution in [0.5, 0.6) is 0 Å². The van der Waals surface area contributed by atoms with Gasteiger partial charge in [0.2, 0.25) is 5.91 Å². The van der Waals surface area contributed by atoms with E-state index in [2.05, 4.69) is 5.32 Å². The predicted octanol–water partition coefficient (Wildman–Crippen LogP) is 1.78. The van der Waals surface area contributed by atoms with E-state index in [0.29, 0.717) is 18.4 Å². The second kappa shape index (κ2) is 3.17. The fraction of sp³-hybridized carbons (Fsp3) is 0.300. The molecule has 3 heteroatoms. The Balaban J connectivity index is 2.26. The molecule has 0 saturated carbocycles. The van der Waals surface area contributed by atoms with Gasteiger partial charge in [0.1, 0.15) is 5.82 Å². The summed E-state index contributed by atoms with van der Waals surface area (Å²) in [5.74, 6) is -0.233. The quantitative estimate of drug-likeness (QED) is 0.699. The van der Waals surface area contributed by atoms with Crippen molar-refractivity contribution >= 4 is 5.91 Å². The van der Waals surface area contributed by atoms with Gasteiger partial charge in [-0.05, 0) is 12.5 Å². The zero-order chi connectivity index (χ0) is 9.26. The largest absolute Gasteiger partial charge is 0.349 e. The molecule has 0 spiro atoms. The maximum atomic E-state index is 13.2. The third-order valence-corrected chi connectivity index (χ3v) is 2.28. The van der Waals surface area contributed by atoms with E-state index in [1.165, 1.54) is 6.07 Å². The molecule has 1 aromatic rings. The van der Waals surface area contributed by atoms with Crippen LogP contribution < -0.4 is 5.32 Å². The summed E-state index contributed by atoms with van der Waals surface area (Å²) in [6.07, 6.45) is 1.19. The summed E-state index contributed by atoms with van der Waals surface area (Å²) in [5.41, 5.74) is 0.591. The zero-order valence-corrected chi connectivity index (χ0v) is 7.09. The second-order valence-electron chi connectivity index (χ2n) is 3.18. The van der Waals surface area contributed by atoms with Crippen LogP contribution in [0.2, 0.25) is 0 Å². The first-order valence-corrected chi connectivity index (χ1v) is 4.31. The second-order valence-corrected chi connectivity index (χ2v) is 3.18. The monoisotopic (exact) mass is 179 g/mol. The maximum Gasteiger partial charge on any atom is 0.220 e. The molecule has 0 unspecified atom stereocenters. The van der Waals surface area contributed by atoms with E-state index in [1.807, 2.05) is 0 Å². The highest BCUT2D eigenvalue weighted by molar-refractivity contribution is 5.78.